The van der Waals surface area contributed by atoms with Gasteiger partial charge in [0.05, 0.1) is 26.5 Å². The third kappa shape index (κ3) is 4.03. The number of aromatic nitrogens is 1. The quantitative estimate of drug-likeness (QED) is 0.475. The summed E-state index contributed by atoms with van der Waals surface area (Å²) >= 11 is 0. The molecule has 30 heavy (non-hydrogen) atoms. The maximum atomic E-state index is 7.69. The first kappa shape index (κ1) is 21.8. The van der Waals surface area contributed by atoms with Crippen LogP contribution in [-0.4, -0.2) is 24.3 Å². The number of aryl methyl sites for hydroxylation is 2. The molecule has 2 unspecified atom stereocenters. The Labute approximate surface area is 178 Å². The Balaban J connectivity index is 0.000000589. The number of hydrogen-bond donors (Lipinski definition) is 3. The largest absolute Gasteiger partial charge is 0.516 e. The van der Waals surface area contributed by atoms with Gasteiger partial charge in [0.2, 0.25) is 0 Å². The van der Waals surface area contributed by atoms with Crippen molar-refractivity contribution in [3.05, 3.63) is 70.6 Å². The number of ether oxygens (including phenoxy) is 2. The van der Waals surface area contributed by atoms with E-state index in [4.69, 9.17) is 14.6 Å². The van der Waals surface area contributed by atoms with Crippen LogP contribution in [0.1, 0.15) is 53.8 Å². The molecule has 160 valence electrons. The summed E-state index contributed by atoms with van der Waals surface area (Å²) in [5.74, 6) is 1.85. The van der Waals surface area contributed by atoms with Crippen molar-refractivity contribution in [1.29, 1.82) is 0 Å². The molecule has 2 atom stereocenters. The smallest absolute Gasteiger partial charge is 0.160 e. The number of aromatic amines is 1. The Morgan fingerprint density at radius 2 is 1.73 bits per heavy atom. The van der Waals surface area contributed by atoms with Crippen molar-refractivity contribution >= 4 is 10.9 Å². The first-order valence-corrected chi connectivity index (χ1v) is 10.3. The molecular formula is C25H32N2O3. The third-order valence-corrected chi connectivity index (χ3v) is 5.95. The highest BCUT2D eigenvalue weighted by Crippen LogP contribution is 2.41. The molecule has 0 saturated heterocycles. The van der Waals surface area contributed by atoms with E-state index in [1.807, 2.05) is 6.07 Å². The maximum absolute atomic E-state index is 7.69. The number of aliphatic hydroxyl groups excluding tert-OH is 1. The minimum atomic E-state index is 0.260. The van der Waals surface area contributed by atoms with Gasteiger partial charge in [-0.15, -0.1) is 0 Å². The van der Waals surface area contributed by atoms with Crippen LogP contribution >= 0.6 is 0 Å². The summed E-state index contributed by atoms with van der Waals surface area (Å²) < 4.78 is 10.8. The van der Waals surface area contributed by atoms with Crippen LogP contribution in [0.25, 0.3) is 10.9 Å². The standard InChI is InChI=1S/C22H26N2O2.C3H6O/c1-12-8-16-17-11-23-21(22(17)24-18(16)9-13(12)2)14(3)15-6-7-19(25-4)20(10-15)26-5;1-2-3-4/h6-10,14,21,23-24H,11H2,1-5H3;2-4H,1H3/b;3-2-. The SMILES string of the molecule is C/C=C\O.COc1ccc(C(C)C2NCc3c2[nH]c2cc(C)c(C)cc32)cc1OC. The van der Waals surface area contributed by atoms with E-state index in [0.29, 0.717) is 5.92 Å². The van der Waals surface area contributed by atoms with Crippen LogP contribution in [0, 0.1) is 13.8 Å². The minimum absolute atomic E-state index is 0.260. The fraction of sp³-hybridized carbons (Fsp3) is 0.360. The molecule has 1 aliphatic rings. The van der Waals surface area contributed by atoms with Crippen LogP contribution < -0.4 is 14.8 Å². The van der Waals surface area contributed by atoms with Gasteiger partial charge in [0.15, 0.2) is 11.5 Å². The molecule has 4 rings (SSSR count). The molecule has 0 radical (unpaired) electrons. The van der Waals surface area contributed by atoms with E-state index in [9.17, 15) is 0 Å². The van der Waals surface area contributed by atoms with Crippen molar-refractivity contribution in [2.24, 2.45) is 0 Å². The van der Waals surface area contributed by atoms with E-state index in [2.05, 4.69) is 55.3 Å². The van der Waals surface area contributed by atoms with Crippen LogP contribution in [-0.2, 0) is 6.54 Å². The molecule has 5 nitrogen and oxygen atoms in total. The van der Waals surface area contributed by atoms with Crippen molar-refractivity contribution in [2.45, 2.75) is 46.2 Å². The zero-order chi connectivity index (χ0) is 21.8. The molecular weight excluding hydrogens is 376 g/mol. The summed E-state index contributed by atoms with van der Waals surface area (Å²) in [6.45, 7) is 9.26. The van der Waals surface area contributed by atoms with Gasteiger partial charge >= 0.3 is 0 Å². The second-order valence-electron chi connectivity index (χ2n) is 7.74. The Morgan fingerprint density at radius 3 is 2.37 bits per heavy atom. The van der Waals surface area contributed by atoms with Crippen molar-refractivity contribution in [2.75, 3.05) is 14.2 Å². The molecule has 3 N–H and O–H groups in total. The number of nitrogens with one attached hydrogen (secondary N) is 2. The number of methoxy groups -OCH3 is 2. The van der Waals surface area contributed by atoms with Gasteiger partial charge in [0.1, 0.15) is 0 Å². The van der Waals surface area contributed by atoms with Crippen LogP contribution in [0.5, 0.6) is 11.5 Å². The summed E-state index contributed by atoms with van der Waals surface area (Å²) in [5.41, 5.74) is 7.86. The van der Waals surface area contributed by atoms with E-state index in [0.717, 1.165) is 24.3 Å². The summed E-state index contributed by atoms with van der Waals surface area (Å²) in [5, 5.41) is 12.7. The summed E-state index contributed by atoms with van der Waals surface area (Å²) in [7, 11) is 3.35. The molecule has 0 saturated carbocycles. The molecule has 0 fully saturated rings. The van der Waals surface area contributed by atoms with Gasteiger partial charge in [-0.2, -0.15) is 0 Å². The van der Waals surface area contributed by atoms with Gasteiger partial charge in [-0.1, -0.05) is 19.1 Å². The van der Waals surface area contributed by atoms with Crippen molar-refractivity contribution < 1.29 is 14.6 Å². The molecule has 0 amide bonds. The van der Waals surface area contributed by atoms with Crippen molar-refractivity contribution in [3.63, 3.8) is 0 Å². The van der Waals surface area contributed by atoms with Gasteiger partial charge < -0.3 is 24.9 Å². The maximum Gasteiger partial charge on any atom is 0.160 e. The highest BCUT2D eigenvalue weighted by Gasteiger charge is 2.31. The van der Waals surface area contributed by atoms with E-state index >= 15 is 0 Å². The van der Waals surface area contributed by atoms with Gasteiger partial charge in [-0.05, 0) is 67.3 Å². The van der Waals surface area contributed by atoms with Crippen LogP contribution in [0.15, 0.2) is 42.7 Å². The number of H-pyrrole nitrogens is 1. The van der Waals surface area contributed by atoms with Crippen LogP contribution in [0.2, 0.25) is 0 Å². The van der Waals surface area contributed by atoms with Crippen LogP contribution in [0.3, 0.4) is 0 Å². The lowest BCUT2D eigenvalue weighted by Crippen LogP contribution is -2.19. The second-order valence-corrected chi connectivity index (χ2v) is 7.74. The molecule has 2 heterocycles. The molecule has 5 heteroatoms. The predicted octanol–water partition coefficient (Wildman–Crippen LogP) is 5.83. The second kappa shape index (κ2) is 9.26. The Morgan fingerprint density at radius 1 is 1.07 bits per heavy atom. The summed E-state index contributed by atoms with van der Waals surface area (Å²) in [6.07, 6.45) is 2.56. The highest BCUT2D eigenvalue weighted by atomic mass is 16.5. The zero-order valence-corrected chi connectivity index (χ0v) is 18.7. The number of aliphatic hydroxyl groups is 1. The predicted molar refractivity (Wildman–Crippen MR) is 123 cm³/mol. The Hall–Kier alpha value is -2.92. The number of allylic oxidation sites excluding steroid dienone is 1. The van der Waals surface area contributed by atoms with Gasteiger partial charge in [0, 0.05) is 29.1 Å². The first-order valence-electron chi connectivity index (χ1n) is 10.3. The Kier molecular flexibility index (Phi) is 6.73. The first-order chi connectivity index (χ1) is 14.4. The van der Waals surface area contributed by atoms with Crippen molar-refractivity contribution in [3.8, 4) is 11.5 Å². The lowest BCUT2D eigenvalue weighted by Gasteiger charge is -2.21. The zero-order valence-electron chi connectivity index (χ0n) is 18.7. The van der Waals surface area contributed by atoms with E-state index in [-0.39, 0.29) is 6.04 Å². The van der Waals surface area contributed by atoms with Gasteiger partial charge in [-0.3, -0.25) is 0 Å². The molecule has 1 aliphatic heterocycles. The molecule has 2 aromatic carbocycles. The molecule has 0 bridgehead atoms. The molecule has 1 aromatic heterocycles. The lowest BCUT2D eigenvalue weighted by molar-refractivity contribution is 0.353. The summed E-state index contributed by atoms with van der Waals surface area (Å²) in [4.78, 5) is 3.68. The average Bonchev–Trinajstić information content (AvgIpc) is 3.32. The van der Waals surface area contributed by atoms with Crippen LogP contribution in [0.4, 0.5) is 0 Å². The number of rotatable bonds is 4. The van der Waals surface area contributed by atoms with E-state index in [1.54, 1.807) is 27.2 Å². The van der Waals surface area contributed by atoms with Gasteiger partial charge in [0.25, 0.3) is 0 Å². The lowest BCUT2D eigenvalue weighted by atomic mass is 9.91. The average molecular weight is 409 g/mol. The fourth-order valence-electron chi connectivity index (χ4n) is 4.06. The normalized spacial score (nSPS) is 16.3. The van der Waals surface area contributed by atoms with E-state index in [1.165, 1.54) is 38.9 Å². The topological polar surface area (TPSA) is 66.5 Å². The highest BCUT2D eigenvalue weighted by molar-refractivity contribution is 5.87. The van der Waals surface area contributed by atoms with Crippen molar-refractivity contribution in [1.82, 2.24) is 10.3 Å². The number of fused-ring (bicyclic) bond motifs is 3. The monoisotopic (exact) mass is 408 g/mol. The number of hydrogen-bond acceptors (Lipinski definition) is 4. The number of benzene rings is 2. The van der Waals surface area contributed by atoms with Gasteiger partial charge in [-0.25, -0.2) is 0 Å². The van der Waals surface area contributed by atoms with E-state index < -0.39 is 0 Å². The molecule has 3 aromatic rings. The fourth-order valence-corrected chi connectivity index (χ4v) is 4.06. The minimum Gasteiger partial charge on any atom is -0.516 e. The molecule has 0 aliphatic carbocycles. The molecule has 0 spiro atoms. The Bertz CT molecular complexity index is 1050. The summed E-state index contributed by atoms with van der Waals surface area (Å²) in [6, 6.07) is 11.0. The third-order valence-electron chi connectivity index (χ3n) is 5.95.